The minimum absolute atomic E-state index is 0.0482. The average molecular weight is 248 g/mol. The second-order valence-corrected chi connectivity index (χ2v) is 3.17. The Morgan fingerprint density at radius 2 is 1.94 bits per heavy atom. The van der Waals surface area contributed by atoms with Crippen molar-refractivity contribution < 1.29 is 14.6 Å². The Morgan fingerprint density at radius 3 is 2.44 bits per heavy atom. The summed E-state index contributed by atoms with van der Waals surface area (Å²) >= 11 is 0. The summed E-state index contributed by atoms with van der Waals surface area (Å²) in [5, 5.41) is 24.7. The molecule has 1 heterocycles. The van der Waals surface area contributed by atoms with E-state index in [0.29, 0.717) is 11.5 Å². The highest BCUT2D eigenvalue weighted by atomic mass is 16.5. The van der Waals surface area contributed by atoms with E-state index in [2.05, 4.69) is 25.6 Å². The number of benzene rings is 1. The number of tetrazole rings is 1. The second-order valence-electron chi connectivity index (χ2n) is 3.17. The quantitative estimate of drug-likeness (QED) is 0.585. The summed E-state index contributed by atoms with van der Waals surface area (Å²) in [5.41, 5.74) is 0.215. The predicted octanol–water partition coefficient (Wildman–Crippen LogP) is -0.345. The molecule has 1 aromatic heterocycles. The predicted molar refractivity (Wildman–Crippen MR) is 59.9 cm³/mol. The van der Waals surface area contributed by atoms with Crippen molar-refractivity contribution in [2.75, 3.05) is 14.2 Å². The number of hydrogen-bond donors (Lipinski definition) is 1. The molecule has 0 unspecified atom stereocenters. The number of nitrogens with one attached hydrogen (secondary N) is 1. The molecule has 0 radical (unpaired) electrons. The van der Waals surface area contributed by atoms with Gasteiger partial charge in [-0.25, -0.2) is 4.99 Å². The van der Waals surface area contributed by atoms with Crippen LogP contribution in [-0.4, -0.2) is 40.7 Å². The number of hydrogen-bond acceptors (Lipinski definition) is 7. The van der Waals surface area contributed by atoms with Gasteiger partial charge in [-0.1, -0.05) is 11.2 Å². The maximum absolute atomic E-state index is 12.0. The number of rotatable bonds is 4. The van der Waals surface area contributed by atoms with E-state index in [0.717, 1.165) is 0 Å². The number of aromatic nitrogens is 4. The molecule has 8 heteroatoms. The smallest absolute Gasteiger partial charge is 0.288 e. The Morgan fingerprint density at radius 1 is 1.28 bits per heavy atom. The van der Waals surface area contributed by atoms with Gasteiger partial charge in [-0.3, -0.25) is 0 Å². The number of nitrogens with zero attached hydrogens (tertiary/aromatic N) is 4. The van der Waals surface area contributed by atoms with Crippen LogP contribution in [0.3, 0.4) is 0 Å². The summed E-state index contributed by atoms with van der Waals surface area (Å²) in [4.78, 5) is 3.69. The summed E-state index contributed by atoms with van der Waals surface area (Å²) in [6, 6.07) is 4.99. The fraction of sp³-hybridized carbons (Fsp3) is 0.200. The molecule has 94 valence electrons. The van der Waals surface area contributed by atoms with Crippen molar-refractivity contribution >= 4 is 11.8 Å². The van der Waals surface area contributed by atoms with Crippen LogP contribution in [0.4, 0.5) is 5.95 Å². The number of methoxy groups -OCH3 is 2. The van der Waals surface area contributed by atoms with Crippen molar-refractivity contribution in [1.29, 1.82) is 0 Å². The van der Waals surface area contributed by atoms with Crippen molar-refractivity contribution in [2.24, 2.45) is 4.99 Å². The summed E-state index contributed by atoms with van der Waals surface area (Å²) < 4.78 is 10.2. The van der Waals surface area contributed by atoms with Gasteiger partial charge in [0.15, 0.2) is 0 Å². The highest BCUT2D eigenvalue weighted by molar-refractivity contribution is 5.97. The largest absolute Gasteiger partial charge is 0.858 e. The van der Waals surface area contributed by atoms with E-state index in [-0.39, 0.29) is 11.5 Å². The van der Waals surface area contributed by atoms with E-state index in [9.17, 15) is 5.11 Å². The van der Waals surface area contributed by atoms with E-state index in [1.165, 1.54) is 14.2 Å². The molecular formula is C10H10N5O3-. The van der Waals surface area contributed by atoms with Gasteiger partial charge >= 0.3 is 0 Å². The average Bonchev–Trinajstić information content (AvgIpc) is 2.90. The molecule has 2 aromatic rings. The third kappa shape index (κ3) is 2.21. The minimum atomic E-state index is -0.564. The summed E-state index contributed by atoms with van der Waals surface area (Å²) in [6.07, 6.45) is 0. The molecule has 8 nitrogen and oxygen atoms in total. The molecule has 18 heavy (non-hydrogen) atoms. The molecular weight excluding hydrogens is 238 g/mol. The molecule has 0 fully saturated rings. The fourth-order valence-electron chi connectivity index (χ4n) is 1.41. The molecule has 2 rings (SSSR count). The Hall–Kier alpha value is -2.64. The third-order valence-electron chi connectivity index (χ3n) is 2.18. The normalized spacial score (nSPS) is 11.3. The fourth-order valence-corrected chi connectivity index (χ4v) is 1.41. The van der Waals surface area contributed by atoms with Crippen molar-refractivity contribution in [1.82, 2.24) is 20.6 Å². The standard InChI is InChI=1S/C10H11N5O3/c1-17-6-4-3-5-7(18-2)8(6)9(16)11-10-12-14-15-13-10/h3-5H,1-2H3,(H2,11,12,13,14,15,16)/p-1. The molecule has 0 aliphatic carbocycles. The van der Waals surface area contributed by atoms with Crippen LogP contribution in [-0.2, 0) is 0 Å². The molecule has 0 amide bonds. The summed E-state index contributed by atoms with van der Waals surface area (Å²) in [6.45, 7) is 0. The number of aliphatic imine (C=N–C) groups is 1. The van der Waals surface area contributed by atoms with Gasteiger partial charge in [0.25, 0.3) is 5.95 Å². The maximum atomic E-state index is 12.0. The molecule has 0 saturated heterocycles. The first kappa shape index (κ1) is 11.8. The lowest BCUT2D eigenvalue weighted by molar-refractivity contribution is -0.212. The van der Waals surface area contributed by atoms with Crippen LogP contribution in [0, 0.1) is 0 Å². The van der Waals surface area contributed by atoms with E-state index in [1.54, 1.807) is 18.2 Å². The molecule has 0 aliphatic heterocycles. The van der Waals surface area contributed by atoms with E-state index in [1.807, 2.05) is 0 Å². The lowest BCUT2D eigenvalue weighted by atomic mass is 10.1. The minimum Gasteiger partial charge on any atom is -0.858 e. The molecule has 1 aromatic carbocycles. The van der Waals surface area contributed by atoms with Gasteiger partial charge in [-0.15, -0.1) is 5.10 Å². The molecule has 0 aliphatic rings. The Labute approximate surface area is 102 Å². The van der Waals surface area contributed by atoms with Crippen LogP contribution in [0.15, 0.2) is 23.2 Å². The number of ether oxygens (including phenoxy) is 2. The monoisotopic (exact) mass is 248 g/mol. The van der Waals surface area contributed by atoms with Crippen LogP contribution in [0.2, 0.25) is 0 Å². The Balaban J connectivity index is 2.49. The van der Waals surface area contributed by atoms with Crippen molar-refractivity contribution in [2.45, 2.75) is 0 Å². The van der Waals surface area contributed by atoms with Crippen molar-refractivity contribution in [3.8, 4) is 11.5 Å². The van der Waals surface area contributed by atoms with Crippen LogP contribution in [0.5, 0.6) is 11.5 Å². The third-order valence-corrected chi connectivity index (χ3v) is 2.18. The van der Waals surface area contributed by atoms with Crippen LogP contribution in [0.25, 0.3) is 0 Å². The Kier molecular flexibility index (Phi) is 3.37. The van der Waals surface area contributed by atoms with Gasteiger partial charge in [-0.2, -0.15) is 5.21 Å². The van der Waals surface area contributed by atoms with Gasteiger partial charge in [0.05, 0.1) is 19.8 Å². The van der Waals surface area contributed by atoms with Crippen molar-refractivity contribution in [3.05, 3.63) is 23.8 Å². The molecule has 0 saturated carbocycles. The molecule has 0 spiro atoms. The summed E-state index contributed by atoms with van der Waals surface area (Å²) in [5.74, 6) is 0.122. The highest BCUT2D eigenvalue weighted by Crippen LogP contribution is 2.28. The van der Waals surface area contributed by atoms with Crippen molar-refractivity contribution in [3.63, 3.8) is 0 Å². The van der Waals surface area contributed by atoms with E-state index < -0.39 is 5.90 Å². The van der Waals surface area contributed by atoms with Gasteiger partial charge < -0.3 is 14.6 Å². The van der Waals surface area contributed by atoms with Gasteiger partial charge in [0, 0.05) is 5.90 Å². The number of H-pyrrole nitrogens is 1. The lowest BCUT2D eigenvalue weighted by Gasteiger charge is -2.17. The number of aromatic amines is 1. The maximum Gasteiger partial charge on any atom is 0.288 e. The Bertz CT molecular complexity index is 530. The van der Waals surface area contributed by atoms with Gasteiger partial charge in [0.1, 0.15) is 11.5 Å². The first-order chi connectivity index (χ1) is 8.76. The topological polar surface area (TPSA) is 108 Å². The van der Waals surface area contributed by atoms with Gasteiger partial charge in [-0.05, 0) is 17.3 Å². The van der Waals surface area contributed by atoms with Crippen LogP contribution in [0.1, 0.15) is 5.56 Å². The SMILES string of the molecule is COc1cccc(OC)c1C([O-])=Nc1nn[nH]n1. The zero-order valence-electron chi connectivity index (χ0n) is 9.75. The van der Waals surface area contributed by atoms with Crippen LogP contribution >= 0.6 is 0 Å². The van der Waals surface area contributed by atoms with Crippen LogP contribution < -0.4 is 14.6 Å². The highest BCUT2D eigenvalue weighted by Gasteiger charge is 2.10. The van der Waals surface area contributed by atoms with E-state index >= 15 is 0 Å². The molecule has 0 atom stereocenters. The van der Waals surface area contributed by atoms with Gasteiger partial charge in [0.2, 0.25) is 0 Å². The molecule has 0 bridgehead atoms. The summed E-state index contributed by atoms with van der Waals surface area (Å²) in [7, 11) is 2.92. The zero-order valence-corrected chi connectivity index (χ0v) is 9.75. The zero-order chi connectivity index (χ0) is 13.0. The first-order valence-electron chi connectivity index (χ1n) is 4.96. The van der Waals surface area contributed by atoms with E-state index in [4.69, 9.17) is 9.47 Å². The molecule has 1 N–H and O–H groups in total. The second kappa shape index (κ2) is 5.13. The first-order valence-corrected chi connectivity index (χ1v) is 4.96. The lowest BCUT2D eigenvalue weighted by Crippen LogP contribution is -2.20.